The quantitative estimate of drug-likeness (QED) is 0.771. The predicted molar refractivity (Wildman–Crippen MR) is 101 cm³/mol. The zero-order chi connectivity index (χ0) is 19.4. The van der Waals surface area contributed by atoms with Crippen molar-refractivity contribution in [3.63, 3.8) is 0 Å². The van der Waals surface area contributed by atoms with Crippen LogP contribution >= 0.6 is 0 Å². The Kier molecular flexibility index (Phi) is 5.36. The van der Waals surface area contributed by atoms with Gasteiger partial charge in [-0.15, -0.1) is 10.1 Å². The number of fused-ring (bicyclic) bond motifs is 1. The first kappa shape index (κ1) is 18.6. The van der Waals surface area contributed by atoms with Crippen molar-refractivity contribution in [1.82, 2.24) is 10.4 Å². The third-order valence-electron chi connectivity index (χ3n) is 5.34. The lowest BCUT2D eigenvalue weighted by Gasteiger charge is -2.43. The number of nitrogens with zero attached hydrogens (tertiary/aromatic N) is 2. The molecule has 0 radical (unpaired) electrons. The number of hydrogen-bond acceptors (Lipinski definition) is 5. The van der Waals surface area contributed by atoms with Gasteiger partial charge in [-0.1, -0.05) is 36.4 Å². The summed E-state index contributed by atoms with van der Waals surface area (Å²) in [6.45, 7) is 3.34. The smallest absolute Gasteiger partial charge is 0.191 e. The number of benzene rings is 2. The summed E-state index contributed by atoms with van der Waals surface area (Å²) in [6, 6.07) is 15.5. The maximum atomic E-state index is 12.0. The van der Waals surface area contributed by atoms with E-state index in [1.54, 1.807) is 0 Å². The van der Waals surface area contributed by atoms with E-state index in [-0.39, 0.29) is 11.2 Å². The van der Waals surface area contributed by atoms with E-state index in [1.165, 1.54) is 5.01 Å². The third kappa shape index (κ3) is 3.90. The largest absolute Gasteiger partial charge is 0.526 e. The first-order valence-electron chi connectivity index (χ1n) is 9.70. The minimum Gasteiger partial charge on any atom is -0.526 e. The van der Waals surface area contributed by atoms with Crippen LogP contribution in [-0.4, -0.2) is 42.1 Å². The van der Waals surface area contributed by atoms with E-state index >= 15 is 0 Å². The molecule has 7 nitrogen and oxygen atoms in total. The van der Waals surface area contributed by atoms with Crippen LogP contribution in [0.4, 0.5) is 4.79 Å². The number of rotatable bonds is 6. The van der Waals surface area contributed by atoms with Crippen LogP contribution in [0, 0.1) is 0 Å². The number of carbonyl (C=O) groups excluding carboxylic acids is 1. The van der Waals surface area contributed by atoms with E-state index in [4.69, 9.17) is 9.47 Å². The summed E-state index contributed by atoms with van der Waals surface area (Å²) in [5.74, 6) is 1.49. The van der Waals surface area contributed by atoms with Crippen molar-refractivity contribution in [2.75, 3.05) is 26.3 Å². The van der Waals surface area contributed by atoms with Gasteiger partial charge in [0.1, 0.15) is 26.3 Å². The molecule has 1 amide bonds. The highest BCUT2D eigenvalue weighted by Gasteiger charge is 2.40. The van der Waals surface area contributed by atoms with Gasteiger partial charge in [0, 0.05) is 12.8 Å². The van der Waals surface area contributed by atoms with Gasteiger partial charge in [0.2, 0.25) is 0 Å². The van der Waals surface area contributed by atoms with Crippen molar-refractivity contribution in [3.8, 4) is 11.5 Å². The molecular weight excluding hydrogens is 358 g/mol. The molecule has 2 aliphatic heterocycles. The van der Waals surface area contributed by atoms with E-state index in [9.17, 15) is 9.90 Å². The van der Waals surface area contributed by atoms with Gasteiger partial charge >= 0.3 is 0 Å². The van der Waals surface area contributed by atoms with E-state index in [0.717, 1.165) is 35.5 Å². The zero-order valence-corrected chi connectivity index (χ0v) is 15.8. The van der Waals surface area contributed by atoms with Crippen molar-refractivity contribution in [3.05, 3.63) is 59.7 Å². The zero-order valence-electron chi connectivity index (χ0n) is 15.8. The molecule has 4 rings (SSSR count). The Hall–Kier alpha value is -2.77. The maximum absolute atomic E-state index is 12.0. The molecule has 2 heterocycles. The van der Waals surface area contributed by atoms with Crippen LogP contribution in [0.2, 0.25) is 0 Å². The summed E-state index contributed by atoms with van der Waals surface area (Å²) in [5.41, 5.74) is 5.43. The fraction of sp³-hybridized carbons (Fsp3) is 0.381. The molecule has 1 N–H and O–H groups in total. The lowest BCUT2D eigenvalue weighted by Crippen LogP contribution is -2.69. The topological polar surface area (TPSA) is 73.9 Å². The number of amides is 1. The predicted octanol–water partition coefficient (Wildman–Crippen LogP) is 1.83. The molecule has 0 unspecified atom stereocenters. The molecular formula is C21H25N3O4. The summed E-state index contributed by atoms with van der Waals surface area (Å²) in [4.78, 5) is 12.0. The highest BCUT2D eigenvalue weighted by Crippen LogP contribution is 2.31. The first-order chi connectivity index (χ1) is 13.7. The number of quaternary nitrogens is 1. The van der Waals surface area contributed by atoms with Gasteiger partial charge in [-0.25, -0.2) is 0 Å². The molecule has 0 spiro atoms. The van der Waals surface area contributed by atoms with Gasteiger partial charge < -0.3 is 19.4 Å². The van der Waals surface area contributed by atoms with Crippen molar-refractivity contribution >= 4 is 6.09 Å². The molecule has 0 aromatic heterocycles. The van der Waals surface area contributed by atoms with Crippen molar-refractivity contribution in [2.45, 2.75) is 25.9 Å². The number of nitrogens with one attached hydrogen (secondary N) is 1. The summed E-state index contributed by atoms with van der Waals surface area (Å²) >= 11 is 0. The van der Waals surface area contributed by atoms with Gasteiger partial charge in [0.25, 0.3) is 0 Å². The van der Waals surface area contributed by atoms with Crippen molar-refractivity contribution in [2.24, 2.45) is 0 Å². The number of carbonyl (C=O) groups is 1. The number of ether oxygens (including phenoxy) is 2. The third-order valence-corrected chi connectivity index (χ3v) is 5.34. The molecule has 148 valence electrons. The Morgan fingerprint density at radius 2 is 1.71 bits per heavy atom. The molecule has 28 heavy (non-hydrogen) atoms. The number of hydrogen-bond donors (Lipinski definition) is 1. The average molecular weight is 383 g/mol. The van der Waals surface area contributed by atoms with E-state index in [2.05, 4.69) is 5.43 Å². The second kappa shape index (κ2) is 8.08. The first-order valence-corrected chi connectivity index (χ1v) is 9.70. The Balaban J connectivity index is 1.52. The highest BCUT2D eigenvalue weighted by atomic mass is 16.6. The minimum atomic E-state index is -1.17. The summed E-state index contributed by atoms with van der Waals surface area (Å²) in [6.07, 6.45) is 0.764. The normalized spacial score (nSPS) is 17.3. The van der Waals surface area contributed by atoms with E-state index < -0.39 is 6.09 Å². The SMILES string of the molecule is O=C([O-])N(Cc1ccccc1)[N+]1(NCc2ccc3c(c2)OCCO3)CCCC1. The van der Waals surface area contributed by atoms with Gasteiger partial charge in [-0.3, -0.25) is 0 Å². The molecule has 0 atom stereocenters. The van der Waals surface area contributed by atoms with Crippen LogP contribution in [0.15, 0.2) is 48.5 Å². The van der Waals surface area contributed by atoms with Crippen LogP contribution in [0.1, 0.15) is 24.0 Å². The molecule has 2 aromatic carbocycles. The summed E-state index contributed by atoms with van der Waals surface area (Å²) in [5, 5.41) is 13.4. The lowest BCUT2D eigenvalue weighted by atomic mass is 10.2. The van der Waals surface area contributed by atoms with Crippen molar-refractivity contribution < 1.29 is 24.1 Å². The monoisotopic (exact) mass is 383 g/mol. The molecule has 1 saturated heterocycles. The van der Waals surface area contributed by atoms with Gasteiger partial charge in [0.15, 0.2) is 17.6 Å². The standard InChI is InChI=1S/C21H25N3O4/c25-21(26)23(16-17-6-2-1-3-7-17)24(10-4-5-11-24)22-15-18-8-9-19-20(14-18)28-13-12-27-19/h1-3,6-9,14,22H,4-5,10-13,15-16H2. The van der Waals surface area contributed by atoms with Crippen LogP contribution in [0.25, 0.3) is 0 Å². The molecule has 0 aliphatic carbocycles. The van der Waals surface area contributed by atoms with Crippen LogP contribution in [0.3, 0.4) is 0 Å². The molecule has 0 bridgehead atoms. The second-order valence-electron chi connectivity index (χ2n) is 7.20. The van der Waals surface area contributed by atoms with E-state index in [0.29, 0.717) is 32.8 Å². The molecule has 2 aromatic rings. The minimum absolute atomic E-state index is 0.186. The van der Waals surface area contributed by atoms with Gasteiger partial charge in [0.05, 0.1) is 13.1 Å². The maximum Gasteiger partial charge on any atom is 0.191 e. The molecule has 0 saturated carbocycles. The van der Waals surface area contributed by atoms with Crippen LogP contribution in [0.5, 0.6) is 11.5 Å². The Labute approximate surface area is 164 Å². The highest BCUT2D eigenvalue weighted by molar-refractivity contribution is 5.61. The lowest BCUT2D eigenvalue weighted by molar-refractivity contribution is -1.06. The van der Waals surface area contributed by atoms with Crippen molar-refractivity contribution in [1.29, 1.82) is 0 Å². The molecule has 7 heteroatoms. The van der Waals surface area contributed by atoms with Gasteiger partial charge in [-0.2, -0.15) is 5.01 Å². The van der Waals surface area contributed by atoms with Gasteiger partial charge in [-0.05, 0) is 23.3 Å². The fourth-order valence-corrected chi connectivity index (χ4v) is 3.89. The average Bonchev–Trinajstić information content (AvgIpc) is 3.21. The molecule has 2 aliphatic rings. The second-order valence-corrected chi connectivity index (χ2v) is 7.20. The number of carboxylic acid groups (broad SMARTS) is 1. The Morgan fingerprint density at radius 1 is 1.00 bits per heavy atom. The van der Waals surface area contributed by atoms with Crippen LogP contribution < -0.4 is 20.0 Å². The summed E-state index contributed by atoms with van der Waals surface area (Å²) in [7, 11) is 0. The van der Waals surface area contributed by atoms with Crippen LogP contribution in [-0.2, 0) is 13.1 Å². The van der Waals surface area contributed by atoms with E-state index in [1.807, 2.05) is 48.5 Å². The summed E-state index contributed by atoms with van der Waals surface area (Å²) < 4.78 is 11.4. The molecule has 1 fully saturated rings. The Morgan fingerprint density at radius 3 is 2.43 bits per heavy atom. The Bertz CT molecular complexity index is 822. The fourth-order valence-electron chi connectivity index (χ4n) is 3.89.